The van der Waals surface area contributed by atoms with E-state index in [1.165, 1.54) is 0 Å². The SMILES string of the molecule is CCNC1CCOCC1S(=O)(=O)CCC(C)C. The first kappa shape index (κ1) is 14.9. The zero-order valence-corrected chi connectivity index (χ0v) is 11.9. The lowest BCUT2D eigenvalue weighted by atomic mass is 10.1. The van der Waals surface area contributed by atoms with Crippen LogP contribution in [0.3, 0.4) is 0 Å². The summed E-state index contributed by atoms with van der Waals surface area (Å²) in [5, 5.41) is 2.90. The van der Waals surface area contributed by atoms with Crippen molar-refractivity contribution in [2.24, 2.45) is 5.92 Å². The van der Waals surface area contributed by atoms with Crippen LogP contribution in [0.15, 0.2) is 0 Å². The van der Waals surface area contributed by atoms with Crippen molar-refractivity contribution in [2.75, 3.05) is 25.5 Å². The van der Waals surface area contributed by atoms with E-state index in [9.17, 15) is 8.42 Å². The van der Waals surface area contributed by atoms with Gasteiger partial charge in [-0.3, -0.25) is 0 Å². The first-order valence-corrected chi connectivity index (χ1v) is 8.21. The molecule has 0 bridgehead atoms. The second-order valence-electron chi connectivity index (χ2n) is 5.12. The minimum Gasteiger partial charge on any atom is -0.380 e. The highest BCUT2D eigenvalue weighted by molar-refractivity contribution is 7.92. The quantitative estimate of drug-likeness (QED) is 0.783. The van der Waals surface area contributed by atoms with Crippen molar-refractivity contribution >= 4 is 9.84 Å². The smallest absolute Gasteiger partial charge is 0.156 e. The minimum atomic E-state index is -3.04. The van der Waals surface area contributed by atoms with Crippen molar-refractivity contribution < 1.29 is 13.2 Å². The van der Waals surface area contributed by atoms with E-state index < -0.39 is 9.84 Å². The number of hydrogen-bond donors (Lipinski definition) is 1. The number of hydrogen-bond acceptors (Lipinski definition) is 4. The first-order chi connectivity index (χ1) is 7.97. The molecule has 1 fully saturated rings. The lowest BCUT2D eigenvalue weighted by Crippen LogP contribution is -2.51. The fourth-order valence-corrected chi connectivity index (χ4v) is 4.25. The van der Waals surface area contributed by atoms with Gasteiger partial charge in [-0.25, -0.2) is 8.42 Å². The van der Waals surface area contributed by atoms with Gasteiger partial charge in [0.1, 0.15) is 0 Å². The van der Waals surface area contributed by atoms with E-state index in [0.717, 1.165) is 19.4 Å². The maximum Gasteiger partial charge on any atom is 0.156 e. The third-order valence-electron chi connectivity index (χ3n) is 3.21. The Kier molecular flexibility index (Phi) is 5.89. The third-order valence-corrected chi connectivity index (χ3v) is 5.40. The Labute approximate surface area is 105 Å². The summed E-state index contributed by atoms with van der Waals surface area (Å²) in [5.74, 6) is 0.701. The maximum atomic E-state index is 12.3. The Bertz CT molecular complexity index is 312. The van der Waals surface area contributed by atoms with Gasteiger partial charge in [0.05, 0.1) is 17.6 Å². The monoisotopic (exact) mass is 263 g/mol. The van der Waals surface area contributed by atoms with Gasteiger partial charge in [-0.15, -0.1) is 0 Å². The van der Waals surface area contributed by atoms with Crippen molar-refractivity contribution in [1.82, 2.24) is 5.32 Å². The summed E-state index contributed by atoms with van der Waals surface area (Å²) < 4.78 is 29.8. The minimum absolute atomic E-state index is 0.0610. The van der Waals surface area contributed by atoms with E-state index in [1.54, 1.807) is 0 Å². The van der Waals surface area contributed by atoms with Crippen molar-refractivity contribution in [3.63, 3.8) is 0 Å². The molecule has 1 aliphatic heterocycles. The van der Waals surface area contributed by atoms with E-state index >= 15 is 0 Å². The van der Waals surface area contributed by atoms with Gasteiger partial charge >= 0.3 is 0 Å². The standard InChI is InChI=1S/C12H25NO3S/c1-4-13-11-5-7-16-9-12(11)17(14,15)8-6-10(2)3/h10-13H,4-9H2,1-3H3. The van der Waals surface area contributed by atoms with Crippen molar-refractivity contribution in [1.29, 1.82) is 0 Å². The molecule has 102 valence electrons. The van der Waals surface area contributed by atoms with Gasteiger partial charge in [0, 0.05) is 12.6 Å². The average Bonchev–Trinajstić information content (AvgIpc) is 2.28. The Balaban J connectivity index is 2.65. The highest BCUT2D eigenvalue weighted by Gasteiger charge is 2.35. The van der Waals surface area contributed by atoms with Gasteiger partial charge in [-0.2, -0.15) is 0 Å². The molecule has 0 amide bonds. The van der Waals surface area contributed by atoms with Crippen LogP contribution in [-0.4, -0.2) is 45.2 Å². The molecule has 1 N–H and O–H groups in total. The van der Waals surface area contributed by atoms with Crippen molar-refractivity contribution in [3.8, 4) is 0 Å². The zero-order valence-electron chi connectivity index (χ0n) is 11.1. The molecule has 0 aromatic rings. The predicted molar refractivity (Wildman–Crippen MR) is 69.9 cm³/mol. The van der Waals surface area contributed by atoms with E-state index in [2.05, 4.69) is 19.2 Å². The Morgan fingerprint density at radius 3 is 2.71 bits per heavy atom. The second-order valence-corrected chi connectivity index (χ2v) is 7.46. The molecule has 2 unspecified atom stereocenters. The normalized spacial score (nSPS) is 26.4. The van der Waals surface area contributed by atoms with Crippen LogP contribution in [0.4, 0.5) is 0 Å². The first-order valence-electron chi connectivity index (χ1n) is 6.50. The van der Waals surface area contributed by atoms with Gasteiger partial charge in [-0.1, -0.05) is 20.8 Å². The predicted octanol–water partition coefficient (Wildman–Crippen LogP) is 1.21. The highest BCUT2D eigenvalue weighted by atomic mass is 32.2. The van der Waals surface area contributed by atoms with E-state index in [1.807, 2.05) is 6.92 Å². The summed E-state index contributed by atoms with van der Waals surface area (Å²) in [6.07, 6.45) is 1.52. The van der Waals surface area contributed by atoms with Crippen LogP contribution in [0.5, 0.6) is 0 Å². The summed E-state index contributed by atoms with van der Waals surface area (Å²) >= 11 is 0. The van der Waals surface area contributed by atoms with Crippen LogP contribution in [-0.2, 0) is 14.6 Å². The van der Waals surface area contributed by atoms with Crippen LogP contribution < -0.4 is 5.32 Å². The molecule has 0 aromatic heterocycles. The molecule has 4 nitrogen and oxygen atoms in total. The topological polar surface area (TPSA) is 55.4 Å². The van der Waals surface area contributed by atoms with Crippen LogP contribution in [0, 0.1) is 5.92 Å². The maximum absolute atomic E-state index is 12.3. The van der Waals surface area contributed by atoms with Crippen molar-refractivity contribution in [3.05, 3.63) is 0 Å². The van der Waals surface area contributed by atoms with Gasteiger partial charge in [-0.05, 0) is 25.3 Å². The molecule has 0 spiro atoms. The Morgan fingerprint density at radius 1 is 1.41 bits per heavy atom. The number of nitrogens with one attached hydrogen (secondary N) is 1. The highest BCUT2D eigenvalue weighted by Crippen LogP contribution is 2.18. The summed E-state index contributed by atoms with van der Waals surface area (Å²) in [6, 6.07) is 0.0610. The van der Waals surface area contributed by atoms with E-state index in [-0.39, 0.29) is 17.0 Å². The molecule has 0 aromatic carbocycles. The summed E-state index contributed by atoms with van der Waals surface area (Å²) in [6.45, 7) is 7.92. The molecule has 5 heteroatoms. The van der Waals surface area contributed by atoms with Crippen LogP contribution >= 0.6 is 0 Å². The average molecular weight is 263 g/mol. The van der Waals surface area contributed by atoms with E-state index in [0.29, 0.717) is 19.1 Å². The van der Waals surface area contributed by atoms with Crippen LogP contribution in [0.1, 0.15) is 33.6 Å². The molecule has 1 aliphatic rings. The third kappa shape index (κ3) is 4.56. The summed E-state index contributed by atoms with van der Waals surface area (Å²) in [7, 11) is -3.04. The molecular formula is C12H25NO3S. The summed E-state index contributed by atoms with van der Waals surface area (Å²) in [5.41, 5.74) is 0. The van der Waals surface area contributed by atoms with Gasteiger partial charge in [0.25, 0.3) is 0 Å². The van der Waals surface area contributed by atoms with Crippen LogP contribution in [0.2, 0.25) is 0 Å². The largest absolute Gasteiger partial charge is 0.380 e. The lowest BCUT2D eigenvalue weighted by molar-refractivity contribution is 0.0811. The Morgan fingerprint density at radius 2 is 2.12 bits per heavy atom. The Hall–Kier alpha value is -0.130. The number of ether oxygens (including phenoxy) is 1. The fraction of sp³-hybridized carbons (Fsp3) is 1.00. The molecule has 0 saturated carbocycles. The number of rotatable bonds is 6. The van der Waals surface area contributed by atoms with Gasteiger partial charge < -0.3 is 10.1 Å². The molecule has 0 radical (unpaired) electrons. The number of sulfone groups is 1. The molecule has 17 heavy (non-hydrogen) atoms. The van der Waals surface area contributed by atoms with Crippen LogP contribution in [0.25, 0.3) is 0 Å². The molecule has 2 atom stereocenters. The zero-order chi connectivity index (χ0) is 12.9. The van der Waals surface area contributed by atoms with Gasteiger partial charge in [0.2, 0.25) is 0 Å². The molecule has 1 saturated heterocycles. The fourth-order valence-electron chi connectivity index (χ4n) is 2.11. The lowest BCUT2D eigenvalue weighted by Gasteiger charge is -2.31. The molecule has 1 rings (SSSR count). The van der Waals surface area contributed by atoms with E-state index in [4.69, 9.17) is 4.74 Å². The molecule has 0 aliphatic carbocycles. The van der Waals surface area contributed by atoms with Crippen molar-refractivity contribution in [2.45, 2.75) is 44.9 Å². The summed E-state index contributed by atoms with van der Waals surface area (Å²) in [4.78, 5) is 0. The van der Waals surface area contributed by atoms with Gasteiger partial charge in [0.15, 0.2) is 9.84 Å². The second kappa shape index (κ2) is 6.71. The molecule has 1 heterocycles. The molecular weight excluding hydrogens is 238 g/mol.